The average Bonchev–Trinajstić information content (AvgIpc) is 3.40. The second-order valence-electron chi connectivity index (χ2n) is 6.64. The van der Waals surface area contributed by atoms with Crippen molar-refractivity contribution in [3.05, 3.63) is 48.3 Å². The monoisotopic (exact) mass is 353 g/mol. The van der Waals surface area contributed by atoms with Gasteiger partial charge in [0.15, 0.2) is 5.65 Å². The van der Waals surface area contributed by atoms with Gasteiger partial charge in [-0.25, -0.2) is 14.8 Å². The molecule has 1 aliphatic heterocycles. The van der Waals surface area contributed by atoms with Crippen molar-refractivity contribution in [1.82, 2.24) is 24.8 Å². The fourth-order valence-electron chi connectivity index (χ4n) is 3.57. The molecule has 3 aromatic heterocycles. The summed E-state index contributed by atoms with van der Waals surface area (Å²) in [5.41, 5.74) is 1.86. The Morgan fingerprint density at radius 2 is 2.31 bits per heavy atom. The second kappa shape index (κ2) is 7.19. The summed E-state index contributed by atoms with van der Waals surface area (Å²) in [5.74, 6) is 2.04. The van der Waals surface area contributed by atoms with Crippen molar-refractivity contribution in [3.8, 4) is 0 Å². The average molecular weight is 353 g/mol. The Balaban J connectivity index is 1.47. The van der Waals surface area contributed by atoms with E-state index in [0.717, 1.165) is 48.7 Å². The van der Waals surface area contributed by atoms with Crippen LogP contribution in [0.2, 0.25) is 0 Å². The van der Waals surface area contributed by atoms with Gasteiger partial charge in [0, 0.05) is 31.7 Å². The van der Waals surface area contributed by atoms with Crippen LogP contribution in [0, 0.1) is 0 Å². The van der Waals surface area contributed by atoms with E-state index >= 15 is 0 Å². The SMILES string of the molecule is CCCn1c([C@H]2CCN(C(=O)NCc3ccco3)C2)nc2cccnc21. The highest BCUT2D eigenvalue weighted by Crippen LogP contribution is 2.29. The van der Waals surface area contributed by atoms with Crippen molar-refractivity contribution < 1.29 is 9.21 Å². The van der Waals surface area contributed by atoms with Gasteiger partial charge in [-0.2, -0.15) is 0 Å². The van der Waals surface area contributed by atoms with E-state index in [1.807, 2.05) is 35.4 Å². The van der Waals surface area contributed by atoms with Crippen molar-refractivity contribution >= 4 is 17.2 Å². The highest BCUT2D eigenvalue weighted by Gasteiger charge is 2.31. The van der Waals surface area contributed by atoms with Crippen molar-refractivity contribution in [3.63, 3.8) is 0 Å². The van der Waals surface area contributed by atoms with Crippen LogP contribution in [-0.2, 0) is 13.1 Å². The molecule has 0 unspecified atom stereocenters. The zero-order valence-electron chi connectivity index (χ0n) is 14.9. The number of hydrogen-bond acceptors (Lipinski definition) is 4. The second-order valence-corrected chi connectivity index (χ2v) is 6.64. The number of aryl methyl sites for hydroxylation is 1. The number of likely N-dealkylation sites (tertiary alicyclic amines) is 1. The molecule has 0 spiro atoms. The Hall–Kier alpha value is -2.83. The summed E-state index contributed by atoms with van der Waals surface area (Å²) in [6, 6.07) is 7.53. The van der Waals surface area contributed by atoms with Crippen LogP contribution in [0.15, 0.2) is 41.1 Å². The smallest absolute Gasteiger partial charge is 0.317 e. The maximum absolute atomic E-state index is 12.4. The number of fused-ring (bicyclic) bond motifs is 1. The Bertz CT molecular complexity index is 887. The summed E-state index contributed by atoms with van der Waals surface area (Å²) in [6.07, 6.45) is 5.36. The summed E-state index contributed by atoms with van der Waals surface area (Å²) in [5, 5.41) is 2.92. The van der Waals surface area contributed by atoms with Crippen LogP contribution in [0.1, 0.15) is 37.3 Å². The Morgan fingerprint density at radius 3 is 3.12 bits per heavy atom. The highest BCUT2D eigenvalue weighted by molar-refractivity contribution is 5.75. The predicted molar refractivity (Wildman–Crippen MR) is 97.7 cm³/mol. The molecule has 1 aliphatic rings. The molecule has 2 amide bonds. The fourth-order valence-corrected chi connectivity index (χ4v) is 3.57. The Kier molecular flexibility index (Phi) is 4.60. The fraction of sp³-hybridized carbons (Fsp3) is 0.421. The molecule has 1 atom stereocenters. The number of rotatable bonds is 5. The van der Waals surface area contributed by atoms with Crippen molar-refractivity contribution in [2.24, 2.45) is 0 Å². The van der Waals surface area contributed by atoms with Crippen LogP contribution in [0.5, 0.6) is 0 Å². The minimum atomic E-state index is -0.0554. The van der Waals surface area contributed by atoms with Gasteiger partial charge in [0.2, 0.25) is 0 Å². The van der Waals surface area contributed by atoms with E-state index in [1.165, 1.54) is 0 Å². The highest BCUT2D eigenvalue weighted by atomic mass is 16.3. The molecular weight excluding hydrogens is 330 g/mol. The van der Waals surface area contributed by atoms with Crippen LogP contribution in [0.4, 0.5) is 4.79 Å². The van der Waals surface area contributed by atoms with E-state index in [9.17, 15) is 4.79 Å². The number of amides is 2. The number of pyridine rings is 1. The van der Waals surface area contributed by atoms with Crippen LogP contribution in [0.25, 0.3) is 11.2 Å². The van der Waals surface area contributed by atoms with Gasteiger partial charge in [-0.1, -0.05) is 6.92 Å². The molecule has 136 valence electrons. The minimum absolute atomic E-state index is 0.0554. The van der Waals surface area contributed by atoms with Crippen LogP contribution >= 0.6 is 0 Å². The van der Waals surface area contributed by atoms with Gasteiger partial charge in [-0.3, -0.25) is 0 Å². The number of nitrogens with zero attached hydrogens (tertiary/aromatic N) is 4. The van der Waals surface area contributed by atoms with Gasteiger partial charge in [0.1, 0.15) is 17.1 Å². The molecule has 7 nitrogen and oxygen atoms in total. The first-order chi connectivity index (χ1) is 12.8. The number of nitrogens with one attached hydrogen (secondary N) is 1. The van der Waals surface area contributed by atoms with E-state index in [2.05, 4.69) is 21.8 Å². The summed E-state index contributed by atoms with van der Waals surface area (Å²) in [6.45, 7) is 4.87. The zero-order chi connectivity index (χ0) is 17.9. The minimum Gasteiger partial charge on any atom is -0.467 e. The first kappa shape index (κ1) is 16.6. The third kappa shape index (κ3) is 3.16. The number of imidazole rings is 1. The molecule has 0 aliphatic carbocycles. The lowest BCUT2D eigenvalue weighted by atomic mass is 10.1. The van der Waals surface area contributed by atoms with E-state index in [0.29, 0.717) is 13.1 Å². The molecule has 0 bridgehead atoms. The number of urea groups is 1. The number of furan rings is 1. The number of carbonyl (C=O) groups is 1. The molecule has 4 rings (SSSR count). The number of aromatic nitrogens is 3. The van der Waals surface area contributed by atoms with Crippen LogP contribution < -0.4 is 5.32 Å². The first-order valence-corrected chi connectivity index (χ1v) is 9.12. The normalized spacial score (nSPS) is 17.1. The molecule has 1 fully saturated rings. The lowest BCUT2D eigenvalue weighted by Crippen LogP contribution is -2.38. The van der Waals surface area contributed by atoms with Crippen molar-refractivity contribution in [2.45, 2.75) is 38.8 Å². The van der Waals surface area contributed by atoms with Crippen LogP contribution in [0.3, 0.4) is 0 Å². The maximum Gasteiger partial charge on any atom is 0.317 e. The third-order valence-electron chi connectivity index (χ3n) is 4.82. The van der Waals surface area contributed by atoms with Gasteiger partial charge < -0.3 is 19.2 Å². The largest absolute Gasteiger partial charge is 0.467 e. The molecule has 0 radical (unpaired) electrons. The molecule has 7 heteroatoms. The van der Waals surface area contributed by atoms with E-state index < -0.39 is 0 Å². The predicted octanol–water partition coefficient (Wildman–Crippen LogP) is 3.13. The number of carbonyl (C=O) groups excluding carboxylic acids is 1. The molecular formula is C19H23N5O2. The zero-order valence-corrected chi connectivity index (χ0v) is 14.9. The molecule has 0 aromatic carbocycles. The van der Waals surface area contributed by atoms with Crippen LogP contribution in [-0.4, -0.2) is 38.6 Å². The lowest BCUT2D eigenvalue weighted by Gasteiger charge is -2.17. The molecule has 0 saturated carbocycles. The molecule has 3 aromatic rings. The van der Waals surface area contributed by atoms with E-state index in [1.54, 1.807) is 6.26 Å². The number of hydrogen-bond donors (Lipinski definition) is 1. The summed E-state index contributed by atoms with van der Waals surface area (Å²) in [4.78, 5) is 23.6. The van der Waals surface area contributed by atoms with Crippen molar-refractivity contribution in [2.75, 3.05) is 13.1 Å². The topological polar surface area (TPSA) is 76.2 Å². The summed E-state index contributed by atoms with van der Waals surface area (Å²) >= 11 is 0. The third-order valence-corrected chi connectivity index (χ3v) is 4.82. The summed E-state index contributed by atoms with van der Waals surface area (Å²) in [7, 11) is 0. The van der Waals surface area contributed by atoms with E-state index in [4.69, 9.17) is 9.40 Å². The lowest BCUT2D eigenvalue weighted by molar-refractivity contribution is 0.206. The Morgan fingerprint density at radius 1 is 1.38 bits per heavy atom. The first-order valence-electron chi connectivity index (χ1n) is 9.12. The molecule has 4 heterocycles. The maximum atomic E-state index is 12.4. The van der Waals surface area contributed by atoms with Crippen molar-refractivity contribution in [1.29, 1.82) is 0 Å². The molecule has 1 N–H and O–H groups in total. The standard InChI is InChI=1S/C19H23N5O2/c1-2-9-24-17(22-16-6-3-8-20-18(16)24)14-7-10-23(13-14)19(25)21-12-15-5-4-11-26-15/h3-6,8,11,14H,2,7,9-10,12-13H2,1H3,(H,21,25)/t14-/m0/s1. The molecule has 26 heavy (non-hydrogen) atoms. The van der Waals surface area contributed by atoms with Gasteiger partial charge in [-0.15, -0.1) is 0 Å². The van der Waals surface area contributed by atoms with Gasteiger partial charge in [0.05, 0.1) is 12.8 Å². The van der Waals surface area contributed by atoms with E-state index in [-0.39, 0.29) is 11.9 Å². The quantitative estimate of drug-likeness (QED) is 0.764. The molecule has 1 saturated heterocycles. The van der Waals surface area contributed by atoms with Gasteiger partial charge in [-0.05, 0) is 37.1 Å². The van der Waals surface area contributed by atoms with Gasteiger partial charge in [0.25, 0.3) is 0 Å². The summed E-state index contributed by atoms with van der Waals surface area (Å²) < 4.78 is 7.47. The van der Waals surface area contributed by atoms with Gasteiger partial charge >= 0.3 is 6.03 Å². The Labute approximate surface area is 152 Å².